The molecule has 0 heterocycles. The third kappa shape index (κ3) is 14.0. The number of unbranched alkanes of at least 4 members (excludes halogenated alkanes) is 1. The van der Waals surface area contributed by atoms with Gasteiger partial charge < -0.3 is 15.4 Å². The zero-order valence-electron chi connectivity index (χ0n) is 16.0. The lowest BCUT2D eigenvalue weighted by Gasteiger charge is -2.30. The number of ether oxygens (including phenoxy) is 1. The topological polar surface area (TPSA) is 48.9 Å². The van der Waals surface area contributed by atoms with Gasteiger partial charge in [0.2, 0.25) is 0 Å². The predicted octanol–water partition coefficient (Wildman–Crippen LogP) is 3.10. The molecule has 5 nitrogen and oxygen atoms in total. The molecule has 140 valence electrons. The Morgan fingerprint density at radius 1 is 1.04 bits per heavy atom. The van der Waals surface area contributed by atoms with E-state index in [0.29, 0.717) is 12.1 Å². The molecular formula is C17H39IN4O. The molecule has 0 aliphatic rings. The van der Waals surface area contributed by atoms with Crippen LogP contribution in [0.2, 0.25) is 0 Å². The zero-order valence-corrected chi connectivity index (χ0v) is 18.4. The van der Waals surface area contributed by atoms with Crippen LogP contribution >= 0.6 is 24.0 Å². The number of nitrogens with zero attached hydrogens (tertiary/aromatic N) is 2. The van der Waals surface area contributed by atoms with Crippen molar-refractivity contribution in [2.45, 2.75) is 66.5 Å². The van der Waals surface area contributed by atoms with Crippen molar-refractivity contribution >= 4 is 29.9 Å². The summed E-state index contributed by atoms with van der Waals surface area (Å²) >= 11 is 0. The summed E-state index contributed by atoms with van der Waals surface area (Å²) in [5, 5.41) is 6.73. The van der Waals surface area contributed by atoms with Crippen LogP contribution in [0.3, 0.4) is 0 Å². The molecule has 0 saturated heterocycles. The first-order valence-corrected chi connectivity index (χ1v) is 8.88. The first kappa shape index (κ1) is 25.2. The average molecular weight is 442 g/mol. The lowest BCUT2D eigenvalue weighted by atomic mass is 10.2. The quantitative estimate of drug-likeness (QED) is 0.211. The predicted molar refractivity (Wildman–Crippen MR) is 112 cm³/mol. The Kier molecular flexibility index (Phi) is 18.3. The Morgan fingerprint density at radius 3 is 2.22 bits per heavy atom. The number of hydrogen-bond acceptors (Lipinski definition) is 3. The third-order valence-electron chi connectivity index (χ3n) is 3.50. The maximum absolute atomic E-state index is 5.34. The van der Waals surface area contributed by atoms with Gasteiger partial charge in [-0.3, -0.25) is 9.89 Å². The minimum atomic E-state index is 0. The van der Waals surface area contributed by atoms with Gasteiger partial charge in [-0.1, -0.05) is 0 Å². The van der Waals surface area contributed by atoms with Crippen LogP contribution in [0.15, 0.2) is 4.99 Å². The third-order valence-corrected chi connectivity index (χ3v) is 3.50. The first-order valence-electron chi connectivity index (χ1n) is 8.88. The maximum atomic E-state index is 5.34. The Labute approximate surface area is 161 Å². The molecule has 23 heavy (non-hydrogen) atoms. The van der Waals surface area contributed by atoms with Crippen LogP contribution in [-0.2, 0) is 4.74 Å². The zero-order chi connectivity index (χ0) is 16.8. The van der Waals surface area contributed by atoms with Crippen molar-refractivity contribution in [2.24, 2.45) is 4.99 Å². The van der Waals surface area contributed by atoms with Crippen molar-refractivity contribution in [1.82, 2.24) is 15.5 Å². The molecule has 6 heteroatoms. The highest BCUT2D eigenvalue weighted by Crippen LogP contribution is 2.03. The molecule has 0 unspecified atom stereocenters. The fourth-order valence-corrected chi connectivity index (χ4v) is 2.41. The van der Waals surface area contributed by atoms with Crippen molar-refractivity contribution in [2.75, 3.05) is 39.4 Å². The minimum absolute atomic E-state index is 0. The van der Waals surface area contributed by atoms with Crippen molar-refractivity contribution < 1.29 is 4.74 Å². The molecule has 0 fully saturated rings. The van der Waals surface area contributed by atoms with E-state index < -0.39 is 0 Å². The van der Waals surface area contributed by atoms with Crippen LogP contribution in [0.1, 0.15) is 54.4 Å². The van der Waals surface area contributed by atoms with E-state index in [2.05, 4.69) is 55.1 Å². The monoisotopic (exact) mass is 442 g/mol. The van der Waals surface area contributed by atoms with Crippen molar-refractivity contribution in [1.29, 1.82) is 0 Å². The highest BCUT2D eigenvalue weighted by atomic mass is 127. The van der Waals surface area contributed by atoms with Gasteiger partial charge in [0.25, 0.3) is 0 Å². The molecule has 0 rings (SSSR count). The molecular weight excluding hydrogens is 403 g/mol. The van der Waals surface area contributed by atoms with Gasteiger partial charge in [-0.15, -0.1) is 24.0 Å². The number of nitrogens with one attached hydrogen (secondary N) is 2. The van der Waals surface area contributed by atoms with E-state index in [1.54, 1.807) is 0 Å². The number of guanidine groups is 1. The highest BCUT2D eigenvalue weighted by Gasteiger charge is 2.12. The molecule has 0 amide bonds. The minimum Gasteiger partial charge on any atom is -0.382 e. The van der Waals surface area contributed by atoms with Gasteiger partial charge in [-0.05, 0) is 54.4 Å². The molecule has 0 radical (unpaired) electrons. The van der Waals surface area contributed by atoms with E-state index in [0.717, 1.165) is 58.2 Å². The summed E-state index contributed by atoms with van der Waals surface area (Å²) in [5.41, 5.74) is 0. The summed E-state index contributed by atoms with van der Waals surface area (Å²) in [6.07, 6.45) is 2.14. The molecule has 0 aliphatic carbocycles. The standard InChI is InChI=1S/C17H38N4O.HI/c1-7-18-17(19-11-9-10-14-22-8-2)20-12-13-21(15(3)4)16(5)6;/h15-16H,7-14H2,1-6H3,(H2,18,19,20);1H. The van der Waals surface area contributed by atoms with Crippen LogP contribution in [0.4, 0.5) is 0 Å². The molecule has 0 spiro atoms. The molecule has 0 bridgehead atoms. The van der Waals surface area contributed by atoms with E-state index in [1.807, 2.05) is 6.92 Å². The van der Waals surface area contributed by atoms with Crippen molar-refractivity contribution in [3.63, 3.8) is 0 Å². The van der Waals surface area contributed by atoms with Gasteiger partial charge in [0.15, 0.2) is 5.96 Å². The highest BCUT2D eigenvalue weighted by molar-refractivity contribution is 14.0. The molecule has 0 aliphatic heterocycles. The molecule has 0 aromatic rings. The number of halogens is 1. The first-order chi connectivity index (χ1) is 10.5. The summed E-state index contributed by atoms with van der Waals surface area (Å²) in [6, 6.07) is 1.14. The lowest BCUT2D eigenvalue weighted by Crippen LogP contribution is -2.45. The van der Waals surface area contributed by atoms with E-state index in [-0.39, 0.29) is 24.0 Å². The van der Waals surface area contributed by atoms with Gasteiger partial charge >= 0.3 is 0 Å². The molecule has 0 aromatic heterocycles. The van der Waals surface area contributed by atoms with Gasteiger partial charge in [-0.2, -0.15) is 0 Å². The van der Waals surface area contributed by atoms with Crippen LogP contribution < -0.4 is 10.6 Å². The van der Waals surface area contributed by atoms with Crippen LogP contribution in [0.5, 0.6) is 0 Å². The normalized spacial score (nSPS) is 12.0. The van der Waals surface area contributed by atoms with Gasteiger partial charge in [0, 0.05) is 51.5 Å². The fourth-order valence-electron chi connectivity index (χ4n) is 2.41. The average Bonchev–Trinajstić information content (AvgIpc) is 2.46. The Hall–Kier alpha value is -0.0800. The SMILES string of the molecule is CCNC(=NCCCCOCC)NCCN(C(C)C)C(C)C.I. The Bertz CT molecular complexity index is 278. The summed E-state index contributed by atoms with van der Waals surface area (Å²) in [4.78, 5) is 7.10. The molecule has 2 N–H and O–H groups in total. The number of hydrogen-bond donors (Lipinski definition) is 2. The Balaban J connectivity index is 0. The van der Waals surface area contributed by atoms with E-state index in [1.165, 1.54) is 0 Å². The fraction of sp³-hybridized carbons (Fsp3) is 0.941. The summed E-state index contributed by atoms with van der Waals surface area (Å²) in [7, 11) is 0. The molecule has 0 atom stereocenters. The van der Waals surface area contributed by atoms with E-state index >= 15 is 0 Å². The second-order valence-electron chi connectivity index (χ2n) is 6.02. The van der Waals surface area contributed by atoms with Gasteiger partial charge in [0.05, 0.1) is 0 Å². The van der Waals surface area contributed by atoms with Crippen molar-refractivity contribution in [3.8, 4) is 0 Å². The smallest absolute Gasteiger partial charge is 0.191 e. The van der Waals surface area contributed by atoms with Crippen molar-refractivity contribution in [3.05, 3.63) is 0 Å². The largest absolute Gasteiger partial charge is 0.382 e. The van der Waals surface area contributed by atoms with Gasteiger partial charge in [-0.25, -0.2) is 0 Å². The summed E-state index contributed by atoms with van der Waals surface area (Å²) in [5.74, 6) is 0.923. The second kappa shape index (κ2) is 16.8. The number of rotatable bonds is 12. The van der Waals surface area contributed by atoms with Crippen LogP contribution in [-0.4, -0.2) is 62.3 Å². The maximum Gasteiger partial charge on any atom is 0.191 e. The Morgan fingerprint density at radius 2 is 1.70 bits per heavy atom. The van der Waals surface area contributed by atoms with E-state index in [9.17, 15) is 0 Å². The lowest BCUT2D eigenvalue weighted by molar-refractivity contribution is 0.144. The van der Waals surface area contributed by atoms with Gasteiger partial charge in [0.1, 0.15) is 0 Å². The molecule has 0 aromatic carbocycles. The van der Waals surface area contributed by atoms with E-state index in [4.69, 9.17) is 4.74 Å². The molecule has 0 saturated carbocycles. The van der Waals surface area contributed by atoms with Crippen LogP contribution in [0.25, 0.3) is 0 Å². The summed E-state index contributed by atoms with van der Waals surface area (Å²) < 4.78 is 5.34. The second-order valence-corrected chi connectivity index (χ2v) is 6.02. The summed E-state index contributed by atoms with van der Waals surface area (Å²) in [6.45, 7) is 18.5. The van der Waals surface area contributed by atoms with Crippen LogP contribution in [0, 0.1) is 0 Å². The number of aliphatic imine (C=N–C) groups is 1.